The van der Waals surface area contributed by atoms with Gasteiger partial charge < -0.3 is 15.0 Å². The maximum Gasteiger partial charge on any atom is 0.418 e. The largest absolute Gasteiger partial charge is 0.418 e. The fourth-order valence-electron chi connectivity index (χ4n) is 1.71. The normalized spacial score (nSPS) is 17.3. The van der Waals surface area contributed by atoms with Crippen LogP contribution in [0.4, 0.5) is 13.2 Å². The number of alkyl halides is 3. The summed E-state index contributed by atoms with van der Waals surface area (Å²) in [6, 6.07) is 1.48. The number of aliphatic hydroxyl groups is 1. The molecule has 0 aliphatic heterocycles. The van der Waals surface area contributed by atoms with Crippen LogP contribution in [0.2, 0.25) is 0 Å². The average molecular weight is 276 g/mol. The highest BCUT2D eigenvalue weighted by atomic mass is 19.4. The first-order valence-electron chi connectivity index (χ1n) is 6.06. The van der Waals surface area contributed by atoms with E-state index in [2.05, 4.69) is 5.32 Å². The van der Waals surface area contributed by atoms with E-state index in [1.165, 1.54) is 23.0 Å². The second-order valence-corrected chi connectivity index (χ2v) is 4.72. The Hall–Kier alpha value is -1.50. The van der Waals surface area contributed by atoms with Crippen LogP contribution in [0, 0.1) is 0 Å². The highest BCUT2D eigenvalue weighted by Crippen LogP contribution is 2.32. The number of hydrogen-bond acceptors (Lipinski definition) is 2. The number of rotatable bonds is 5. The number of aliphatic hydroxyl groups excluding tert-OH is 1. The number of carbonyl (C=O) groups excluding carboxylic acids is 1. The Morgan fingerprint density at radius 2 is 2.21 bits per heavy atom. The van der Waals surface area contributed by atoms with Crippen LogP contribution >= 0.6 is 0 Å². The zero-order valence-electron chi connectivity index (χ0n) is 10.2. The lowest BCUT2D eigenvalue weighted by molar-refractivity contribution is -0.206. The topological polar surface area (TPSA) is 54.3 Å². The fourth-order valence-corrected chi connectivity index (χ4v) is 1.71. The molecular formula is C12H15F3N2O2. The molecule has 1 unspecified atom stereocenters. The van der Waals surface area contributed by atoms with Gasteiger partial charge >= 0.3 is 6.18 Å². The summed E-state index contributed by atoms with van der Waals surface area (Å²) in [5.41, 5.74) is -0.213. The second kappa shape index (κ2) is 5.24. The van der Waals surface area contributed by atoms with Crippen molar-refractivity contribution in [2.75, 3.05) is 0 Å². The summed E-state index contributed by atoms with van der Waals surface area (Å²) in [6.07, 6.45) is -2.30. The molecule has 0 radical (unpaired) electrons. The standard InChI is InChI=1S/C12H15F3N2O2/c13-12(14,15)11(19)8-3-5-17(7-8)6-4-10(18)16-9-1-2-9/h3,5,7,9,11,19H,1-2,4,6H2,(H,16,18). The Bertz CT molecular complexity index is 452. The number of aromatic nitrogens is 1. The SMILES string of the molecule is O=C(CCn1ccc(C(O)C(F)(F)F)c1)NC1CC1. The number of nitrogens with zero attached hydrogens (tertiary/aromatic N) is 1. The Kier molecular flexibility index (Phi) is 3.84. The number of nitrogens with one attached hydrogen (secondary N) is 1. The van der Waals surface area contributed by atoms with Gasteiger partial charge in [0, 0.05) is 37.0 Å². The molecule has 0 spiro atoms. The number of aryl methyl sites for hydroxylation is 1. The smallest absolute Gasteiger partial charge is 0.379 e. The van der Waals surface area contributed by atoms with Gasteiger partial charge in [-0.05, 0) is 18.9 Å². The van der Waals surface area contributed by atoms with E-state index in [4.69, 9.17) is 5.11 Å². The summed E-state index contributed by atoms with van der Waals surface area (Å²) in [5, 5.41) is 11.9. The van der Waals surface area contributed by atoms with Gasteiger partial charge in [0.25, 0.3) is 0 Å². The molecule has 1 amide bonds. The average Bonchev–Trinajstić information content (AvgIpc) is 3.00. The Morgan fingerprint density at radius 1 is 1.53 bits per heavy atom. The second-order valence-electron chi connectivity index (χ2n) is 4.72. The third-order valence-electron chi connectivity index (χ3n) is 2.94. The maximum absolute atomic E-state index is 12.3. The number of carbonyl (C=O) groups is 1. The number of hydrogen-bond donors (Lipinski definition) is 2. The van der Waals surface area contributed by atoms with Crippen molar-refractivity contribution in [3.8, 4) is 0 Å². The minimum absolute atomic E-state index is 0.103. The molecule has 106 valence electrons. The molecule has 2 rings (SSSR count). The summed E-state index contributed by atoms with van der Waals surface area (Å²) in [7, 11) is 0. The highest BCUT2D eigenvalue weighted by molar-refractivity contribution is 5.76. The predicted molar refractivity (Wildman–Crippen MR) is 61.2 cm³/mol. The molecule has 0 bridgehead atoms. The Labute approximate surface area is 108 Å². The van der Waals surface area contributed by atoms with Crippen molar-refractivity contribution in [1.29, 1.82) is 0 Å². The van der Waals surface area contributed by atoms with Gasteiger partial charge in [-0.3, -0.25) is 4.79 Å². The number of amides is 1. The van der Waals surface area contributed by atoms with E-state index in [0.717, 1.165) is 12.8 Å². The van der Waals surface area contributed by atoms with Crippen LogP contribution in [0.3, 0.4) is 0 Å². The zero-order chi connectivity index (χ0) is 14.0. The van der Waals surface area contributed by atoms with Crippen LogP contribution in [0.1, 0.15) is 30.9 Å². The third-order valence-corrected chi connectivity index (χ3v) is 2.94. The monoisotopic (exact) mass is 276 g/mol. The Balaban J connectivity index is 1.84. The van der Waals surface area contributed by atoms with E-state index in [0.29, 0.717) is 6.54 Å². The van der Waals surface area contributed by atoms with Gasteiger partial charge in [0.2, 0.25) is 5.91 Å². The molecule has 0 saturated heterocycles. The zero-order valence-corrected chi connectivity index (χ0v) is 10.2. The minimum Gasteiger partial charge on any atom is -0.379 e. The van der Waals surface area contributed by atoms with E-state index in [9.17, 15) is 18.0 Å². The predicted octanol–water partition coefficient (Wildman–Crippen LogP) is 1.75. The molecule has 19 heavy (non-hydrogen) atoms. The summed E-state index contributed by atoms with van der Waals surface area (Å²) in [5.74, 6) is -0.103. The lowest BCUT2D eigenvalue weighted by Gasteiger charge is -2.12. The summed E-state index contributed by atoms with van der Waals surface area (Å²) in [4.78, 5) is 11.4. The van der Waals surface area contributed by atoms with Crippen LogP contribution in [0.25, 0.3) is 0 Å². The first-order chi connectivity index (χ1) is 8.86. The summed E-state index contributed by atoms with van der Waals surface area (Å²) < 4.78 is 38.3. The van der Waals surface area contributed by atoms with Gasteiger partial charge in [-0.2, -0.15) is 13.2 Å². The van der Waals surface area contributed by atoms with Crippen LogP contribution in [-0.2, 0) is 11.3 Å². The molecule has 1 heterocycles. The van der Waals surface area contributed by atoms with Crippen molar-refractivity contribution in [2.24, 2.45) is 0 Å². The van der Waals surface area contributed by atoms with Gasteiger partial charge in [-0.15, -0.1) is 0 Å². The molecule has 4 nitrogen and oxygen atoms in total. The van der Waals surface area contributed by atoms with E-state index in [-0.39, 0.29) is 23.9 Å². The van der Waals surface area contributed by atoms with Gasteiger partial charge in [-0.25, -0.2) is 0 Å². The van der Waals surface area contributed by atoms with E-state index in [1.807, 2.05) is 0 Å². The molecule has 1 saturated carbocycles. The highest BCUT2D eigenvalue weighted by Gasteiger charge is 2.39. The van der Waals surface area contributed by atoms with Crippen molar-refractivity contribution >= 4 is 5.91 Å². The van der Waals surface area contributed by atoms with E-state index >= 15 is 0 Å². The lowest BCUT2D eigenvalue weighted by atomic mass is 10.2. The van der Waals surface area contributed by atoms with E-state index < -0.39 is 12.3 Å². The maximum atomic E-state index is 12.3. The first-order valence-corrected chi connectivity index (χ1v) is 6.06. The molecule has 1 aromatic rings. The van der Waals surface area contributed by atoms with E-state index in [1.54, 1.807) is 0 Å². The van der Waals surface area contributed by atoms with Crippen LogP contribution in [0.15, 0.2) is 18.5 Å². The first kappa shape index (κ1) is 13.9. The molecular weight excluding hydrogens is 261 g/mol. The van der Waals surface area contributed by atoms with Crippen LogP contribution < -0.4 is 5.32 Å². The molecule has 1 atom stereocenters. The van der Waals surface area contributed by atoms with Crippen molar-refractivity contribution in [1.82, 2.24) is 9.88 Å². The molecule has 1 aliphatic rings. The lowest BCUT2D eigenvalue weighted by Crippen LogP contribution is -2.26. The fraction of sp³-hybridized carbons (Fsp3) is 0.583. The van der Waals surface area contributed by atoms with Crippen LogP contribution in [-0.4, -0.2) is 27.8 Å². The molecule has 1 aliphatic carbocycles. The van der Waals surface area contributed by atoms with Crippen molar-refractivity contribution in [3.63, 3.8) is 0 Å². The van der Waals surface area contributed by atoms with Crippen molar-refractivity contribution in [2.45, 2.75) is 44.1 Å². The molecule has 2 N–H and O–H groups in total. The third kappa shape index (κ3) is 3.99. The van der Waals surface area contributed by atoms with Gasteiger partial charge in [-0.1, -0.05) is 0 Å². The minimum atomic E-state index is -4.67. The van der Waals surface area contributed by atoms with Crippen molar-refractivity contribution < 1.29 is 23.1 Å². The molecule has 1 fully saturated rings. The molecule has 7 heteroatoms. The summed E-state index contributed by atoms with van der Waals surface area (Å²) in [6.45, 7) is 0.295. The van der Waals surface area contributed by atoms with Gasteiger partial charge in [0.15, 0.2) is 6.10 Å². The van der Waals surface area contributed by atoms with Gasteiger partial charge in [0.1, 0.15) is 0 Å². The molecule has 0 aromatic carbocycles. The number of halogens is 3. The molecule has 1 aromatic heterocycles. The van der Waals surface area contributed by atoms with Crippen molar-refractivity contribution in [3.05, 3.63) is 24.0 Å². The van der Waals surface area contributed by atoms with Crippen LogP contribution in [0.5, 0.6) is 0 Å². The quantitative estimate of drug-likeness (QED) is 0.861. The van der Waals surface area contributed by atoms with Gasteiger partial charge in [0.05, 0.1) is 0 Å². The Morgan fingerprint density at radius 3 is 2.79 bits per heavy atom. The summed E-state index contributed by atoms with van der Waals surface area (Å²) >= 11 is 0.